The summed E-state index contributed by atoms with van der Waals surface area (Å²) in [4.78, 5) is 32.4. The van der Waals surface area contributed by atoms with Crippen molar-refractivity contribution in [2.24, 2.45) is 5.41 Å². The summed E-state index contributed by atoms with van der Waals surface area (Å²) in [6.07, 6.45) is 8.00. The molecular formula is C39H43F3N6O5. The second-order valence-electron chi connectivity index (χ2n) is 14.6. The highest BCUT2D eigenvalue weighted by atomic mass is 19.1. The number of aliphatic hydroxyl groups excluding tert-OH is 1. The van der Waals surface area contributed by atoms with E-state index in [1.165, 1.54) is 35.4 Å². The van der Waals surface area contributed by atoms with E-state index in [2.05, 4.69) is 20.8 Å². The van der Waals surface area contributed by atoms with Crippen molar-refractivity contribution in [1.29, 1.82) is 0 Å². The highest BCUT2D eigenvalue weighted by Crippen LogP contribution is 2.47. The number of aromatic nitrogens is 3. The van der Waals surface area contributed by atoms with Crippen molar-refractivity contribution >= 4 is 33.4 Å². The number of carbonyl (C=O) groups excluding carboxylic acids is 1. The molecule has 53 heavy (non-hydrogen) atoms. The van der Waals surface area contributed by atoms with Crippen molar-refractivity contribution in [2.75, 3.05) is 44.2 Å². The molecule has 1 aliphatic carbocycles. The third-order valence-electron chi connectivity index (χ3n) is 11.0. The second kappa shape index (κ2) is 14.6. The van der Waals surface area contributed by atoms with Crippen LogP contribution in [0.3, 0.4) is 0 Å². The molecule has 2 saturated heterocycles. The van der Waals surface area contributed by atoms with Crippen LogP contribution in [0.5, 0.6) is 11.8 Å². The van der Waals surface area contributed by atoms with E-state index in [1.54, 1.807) is 0 Å². The molecule has 7 rings (SSSR count). The zero-order valence-electron chi connectivity index (χ0n) is 29.7. The molecule has 14 heteroatoms. The number of piperidine rings is 1. The maximum atomic E-state index is 17.0. The molecule has 4 aromatic rings. The molecule has 3 aliphatic rings. The van der Waals surface area contributed by atoms with Crippen LogP contribution in [-0.2, 0) is 4.79 Å². The Labute approximate surface area is 305 Å². The fraction of sp³-hybridized carbons (Fsp3) is 0.487. The number of aromatic hydroxyl groups is 1. The van der Waals surface area contributed by atoms with Crippen molar-refractivity contribution in [2.45, 2.75) is 76.9 Å². The third kappa shape index (κ3) is 7.05. The van der Waals surface area contributed by atoms with E-state index < -0.39 is 42.1 Å². The number of alkyl halides is 1. The SMILES string of the molecule is C#Cc1c(F)ccc2cc(O)cc(-c3ncc4c(N5CC(CC)N(C(=O)C(O)O)C(CC)C5)nc(OCC5(CN6CCC(F)CC6)CC5)nc4c3F)c12. The number of anilines is 1. The van der Waals surface area contributed by atoms with Crippen LogP contribution in [0.4, 0.5) is 19.0 Å². The van der Waals surface area contributed by atoms with E-state index in [1.807, 2.05) is 18.7 Å². The lowest BCUT2D eigenvalue weighted by molar-refractivity contribution is -0.165. The number of benzene rings is 2. The predicted molar refractivity (Wildman–Crippen MR) is 193 cm³/mol. The molecule has 2 aromatic heterocycles. The number of rotatable bonds is 10. The van der Waals surface area contributed by atoms with Crippen molar-refractivity contribution in [3.05, 3.63) is 47.7 Å². The van der Waals surface area contributed by atoms with Crippen LogP contribution < -0.4 is 9.64 Å². The van der Waals surface area contributed by atoms with Crippen LogP contribution in [0.1, 0.15) is 57.9 Å². The number of terminal acetylenes is 1. The van der Waals surface area contributed by atoms with Gasteiger partial charge in [-0.2, -0.15) is 9.97 Å². The molecule has 1 amide bonds. The molecule has 2 aliphatic heterocycles. The fourth-order valence-corrected chi connectivity index (χ4v) is 7.92. The van der Waals surface area contributed by atoms with Gasteiger partial charge in [-0.1, -0.05) is 25.8 Å². The first-order valence-electron chi connectivity index (χ1n) is 18.2. The number of ether oxygens (including phenoxy) is 1. The molecule has 4 heterocycles. The van der Waals surface area contributed by atoms with Gasteiger partial charge in [-0.05, 0) is 62.1 Å². The van der Waals surface area contributed by atoms with Gasteiger partial charge < -0.3 is 34.8 Å². The maximum absolute atomic E-state index is 17.0. The summed E-state index contributed by atoms with van der Waals surface area (Å²) in [7, 11) is 0. The lowest BCUT2D eigenvalue weighted by atomic mass is 9.95. The summed E-state index contributed by atoms with van der Waals surface area (Å²) >= 11 is 0. The van der Waals surface area contributed by atoms with Gasteiger partial charge >= 0.3 is 6.01 Å². The van der Waals surface area contributed by atoms with Gasteiger partial charge in [0, 0.05) is 67.4 Å². The number of piperazine rings is 1. The van der Waals surface area contributed by atoms with E-state index in [-0.39, 0.29) is 70.0 Å². The molecular weight excluding hydrogens is 689 g/mol. The molecule has 1 saturated carbocycles. The number of phenols is 1. The Morgan fingerprint density at radius 3 is 2.42 bits per heavy atom. The van der Waals surface area contributed by atoms with Crippen molar-refractivity contribution in [3.8, 4) is 35.4 Å². The van der Waals surface area contributed by atoms with Crippen LogP contribution in [-0.4, -0.2) is 110 Å². The lowest BCUT2D eigenvalue weighted by Gasteiger charge is -2.47. The van der Waals surface area contributed by atoms with Crippen molar-refractivity contribution < 1.29 is 38.0 Å². The zero-order valence-corrected chi connectivity index (χ0v) is 29.7. The number of halogens is 3. The number of phenolic OH excluding ortho intramolecular Hbond substituents is 1. The first-order valence-corrected chi connectivity index (χ1v) is 18.2. The van der Waals surface area contributed by atoms with Crippen molar-refractivity contribution in [1.82, 2.24) is 24.8 Å². The Balaban J connectivity index is 1.32. The summed E-state index contributed by atoms with van der Waals surface area (Å²) in [5, 5.41) is 31.0. The molecule has 11 nitrogen and oxygen atoms in total. The molecule has 280 valence electrons. The van der Waals surface area contributed by atoms with E-state index in [0.29, 0.717) is 50.0 Å². The Morgan fingerprint density at radius 1 is 1.09 bits per heavy atom. The fourth-order valence-electron chi connectivity index (χ4n) is 7.92. The highest BCUT2D eigenvalue weighted by molar-refractivity contribution is 6.03. The summed E-state index contributed by atoms with van der Waals surface area (Å²) in [6.45, 7) is 6.63. The van der Waals surface area contributed by atoms with Gasteiger partial charge in [0.2, 0.25) is 6.29 Å². The predicted octanol–water partition coefficient (Wildman–Crippen LogP) is 4.92. The third-order valence-corrected chi connectivity index (χ3v) is 11.0. The first kappa shape index (κ1) is 36.6. The molecule has 0 radical (unpaired) electrons. The van der Waals surface area contributed by atoms with Gasteiger partial charge in [-0.25, -0.2) is 13.2 Å². The van der Waals surface area contributed by atoms with E-state index >= 15 is 4.39 Å². The van der Waals surface area contributed by atoms with Crippen LogP contribution in [0.15, 0.2) is 30.5 Å². The van der Waals surface area contributed by atoms with Crippen molar-refractivity contribution in [3.63, 3.8) is 0 Å². The summed E-state index contributed by atoms with van der Waals surface area (Å²) in [6, 6.07) is 4.41. The monoisotopic (exact) mass is 732 g/mol. The summed E-state index contributed by atoms with van der Waals surface area (Å²) in [5.74, 6) is 0.147. The van der Waals surface area contributed by atoms with Gasteiger partial charge in [0.25, 0.3) is 5.91 Å². The number of hydrogen-bond donors (Lipinski definition) is 3. The number of carbonyl (C=O) groups is 1. The molecule has 3 fully saturated rings. The van der Waals surface area contributed by atoms with E-state index in [0.717, 1.165) is 19.4 Å². The minimum absolute atomic E-state index is 0.0706. The molecule has 2 unspecified atom stereocenters. The van der Waals surface area contributed by atoms with Gasteiger partial charge in [0.05, 0.1) is 17.6 Å². The van der Waals surface area contributed by atoms with E-state index in [9.17, 15) is 28.9 Å². The standard InChI is InChI=1S/C39H43F3N6O5/c1-4-24-18-47(19-25(5-2)48(24)36(50)37(51)52)35-29-17-43-33(28-16-26(49)15-22-7-8-30(41)27(6-3)31(22)28)32(42)34(29)44-38(45-35)53-21-39(11-12-39)20-46-13-9-23(40)10-14-46/h3,7-8,15-17,23-25,37,49,51-52H,4-5,9-14,18-21H2,1-2H3. The summed E-state index contributed by atoms with van der Waals surface area (Å²) in [5.41, 5.74) is -0.525. The Morgan fingerprint density at radius 2 is 1.79 bits per heavy atom. The largest absolute Gasteiger partial charge is 0.508 e. The smallest absolute Gasteiger partial charge is 0.319 e. The minimum atomic E-state index is -2.16. The lowest BCUT2D eigenvalue weighted by Crippen LogP contribution is -2.62. The van der Waals surface area contributed by atoms with Crippen LogP contribution >= 0.6 is 0 Å². The Bertz CT molecular complexity index is 2070. The van der Waals surface area contributed by atoms with Crippen LogP contribution in [0.25, 0.3) is 32.9 Å². The average molecular weight is 733 g/mol. The van der Waals surface area contributed by atoms with E-state index in [4.69, 9.17) is 16.1 Å². The maximum Gasteiger partial charge on any atom is 0.319 e. The number of amides is 1. The van der Waals surface area contributed by atoms with Crippen LogP contribution in [0.2, 0.25) is 0 Å². The molecule has 0 bridgehead atoms. The number of hydrogen-bond acceptors (Lipinski definition) is 10. The summed E-state index contributed by atoms with van der Waals surface area (Å²) < 4.78 is 52.1. The first-order chi connectivity index (χ1) is 25.4. The number of likely N-dealkylation sites (tertiary alicyclic amines) is 1. The number of fused-ring (bicyclic) bond motifs is 2. The average Bonchev–Trinajstić information content (AvgIpc) is 3.93. The zero-order chi connectivity index (χ0) is 37.6. The molecule has 0 spiro atoms. The van der Waals surface area contributed by atoms with Gasteiger partial charge in [0.1, 0.15) is 34.8 Å². The number of aliphatic hydroxyl groups is 2. The molecule has 2 atom stereocenters. The van der Waals surface area contributed by atoms with Gasteiger partial charge in [0.15, 0.2) is 5.82 Å². The molecule has 3 N–H and O–H groups in total. The second-order valence-corrected chi connectivity index (χ2v) is 14.6. The highest BCUT2D eigenvalue weighted by Gasteiger charge is 2.46. The minimum Gasteiger partial charge on any atom is -0.508 e. The van der Waals surface area contributed by atoms with Gasteiger partial charge in [-0.15, -0.1) is 6.42 Å². The van der Waals surface area contributed by atoms with Crippen LogP contribution in [0, 0.1) is 29.4 Å². The van der Waals surface area contributed by atoms with Gasteiger partial charge in [-0.3, -0.25) is 9.78 Å². The molecule has 2 aromatic carbocycles. The Kier molecular flexibility index (Phi) is 10.1. The number of pyridine rings is 1. The quantitative estimate of drug-likeness (QED) is 0.152. The topological polar surface area (TPSA) is 135 Å². The number of nitrogens with zero attached hydrogens (tertiary/aromatic N) is 6. The normalized spacial score (nSPS) is 20.7. The Hall–Kier alpha value is -4.71.